The molecule has 2 heterocycles. The highest BCUT2D eigenvalue weighted by atomic mass is 35.5. The molecule has 0 N–H and O–H groups in total. The Hall–Kier alpha value is -1.53. The first-order chi connectivity index (χ1) is 14.9. The van der Waals surface area contributed by atoms with Gasteiger partial charge in [-0.2, -0.15) is 0 Å². The van der Waals surface area contributed by atoms with Gasteiger partial charge in [-0.15, -0.1) is 0 Å². The van der Waals surface area contributed by atoms with Crippen molar-refractivity contribution in [2.75, 3.05) is 58.5 Å². The smallest absolute Gasteiger partial charge is 0.125 e. The van der Waals surface area contributed by atoms with Crippen LogP contribution in [-0.4, -0.2) is 70.7 Å². The summed E-state index contributed by atoms with van der Waals surface area (Å²) in [6.07, 6.45) is 4.17. The Bertz CT molecular complexity index is 843. The SMILES string of the molecule is COC1=CC2=C(CC1OC)C(C)(C)COC2CCN1CCN(c2ccccc2Cl)CC1. The molecule has 1 saturated heterocycles. The van der Waals surface area contributed by atoms with Crippen molar-refractivity contribution in [3.05, 3.63) is 52.3 Å². The van der Waals surface area contributed by atoms with E-state index in [4.69, 9.17) is 25.8 Å². The predicted molar refractivity (Wildman–Crippen MR) is 126 cm³/mol. The maximum absolute atomic E-state index is 6.39. The van der Waals surface area contributed by atoms with Crippen LogP contribution in [0.1, 0.15) is 26.7 Å². The number of hydrogen-bond donors (Lipinski definition) is 0. The molecule has 1 fully saturated rings. The van der Waals surface area contributed by atoms with Gasteiger partial charge in [-0.25, -0.2) is 0 Å². The lowest BCUT2D eigenvalue weighted by Gasteiger charge is -2.43. The van der Waals surface area contributed by atoms with Crippen LogP contribution in [0.4, 0.5) is 5.69 Å². The van der Waals surface area contributed by atoms with Gasteiger partial charge in [-0.05, 0) is 30.2 Å². The maximum Gasteiger partial charge on any atom is 0.125 e. The Kier molecular flexibility index (Phi) is 6.97. The lowest BCUT2D eigenvalue weighted by Crippen LogP contribution is -2.47. The van der Waals surface area contributed by atoms with Gasteiger partial charge in [-0.1, -0.05) is 43.2 Å². The zero-order chi connectivity index (χ0) is 22.0. The van der Waals surface area contributed by atoms with Crippen molar-refractivity contribution >= 4 is 17.3 Å². The first kappa shape index (κ1) is 22.7. The second-order valence-electron chi connectivity index (χ2n) is 9.37. The van der Waals surface area contributed by atoms with Crippen molar-refractivity contribution in [3.63, 3.8) is 0 Å². The number of para-hydroxylation sites is 1. The molecule has 1 aliphatic carbocycles. The number of benzene rings is 1. The summed E-state index contributed by atoms with van der Waals surface area (Å²) in [5.74, 6) is 0.904. The number of halogens is 1. The highest BCUT2D eigenvalue weighted by Crippen LogP contribution is 2.44. The Balaban J connectivity index is 1.39. The van der Waals surface area contributed by atoms with Gasteiger partial charge >= 0.3 is 0 Å². The van der Waals surface area contributed by atoms with Crippen molar-refractivity contribution in [3.8, 4) is 0 Å². The summed E-state index contributed by atoms with van der Waals surface area (Å²) >= 11 is 6.39. The van der Waals surface area contributed by atoms with Gasteiger partial charge in [0.1, 0.15) is 11.9 Å². The number of anilines is 1. The standard InChI is InChI=1S/C25H35ClN2O3/c1-25(2)17-31-22(18-15-23(29-3)24(30-4)16-19(18)25)9-10-27-11-13-28(14-12-27)21-8-6-5-7-20(21)26/h5-8,15,22,24H,9-14,16-17H2,1-4H3. The van der Waals surface area contributed by atoms with Gasteiger partial charge in [0.15, 0.2) is 0 Å². The number of nitrogens with zero attached hydrogens (tertiary/aromatic N) is 2. The third-order valence-electron chi connectivity index (χ3n) is 6.96. The zero-order valence-electron chi connectivity index (χ0n) is 19.2. The largest absolute Gasteiger partial charge is 0.498 e. The fourth-order valence-corrected chi connectivity index (χ4v) is 5.28. The van der Waals surface area contributed by atoms with E-state index in [1.54, 1.807) is 14.2 Å². The van der Waals surface area contributed by atoms with Crippen LogP contribution >= 0.6 is 11.6 Å². The highest BCUT2D eigenvalue weighted by Gasteiger charge is 2.39. The van der Waals surface area contributed by atoms with Gasteiger partial charge < -0.3 is 19.1 Å². The van der Waals surface area contributed by atoms with Crippen LogP contribution < -0.4 is 4.90 Å². The average molecular weight is 447 g/mol. The molecule has 2 aliphatic heterocycles. The molecule has 0 saturated carbocycles. The second-order valence-corrected chi connectivity index (χ2v) is 9.77. The van der Waals surface area contributed by atoms with Crippen LogP contribution in [0.2, 0.25) is 5.02 Å². The monoisotopic (exact) mass is 446 g/mol. The molecule has 4 rings (SSSR count). The van der Waals surface area contributed by atoms with Crippen LogP contribution in [0.5, 0.6) is 0 Å². The molecule has 6 heteroatoms. The molecule has 0 bridgehead atoms. The molecular formula is C25H35ClN2O3. The summed E-state index contributed by atoms with van der Waals surface area (Å²) in [5, 5.41) is 0.834. The Morgan fingerprint density at radius 1 is 1.13 bits per heavy atom. The van der Waals surface area contributed by atoms with E-state index in [9.17, 15) is 0 Å². The van der Waals surface area contributed by atoms with Crippen molar-refractivity contribution < 1.29 is 14.2 Å². The molecule has 3 aliphatic rings. The normalized spacial score (nSPS) is 26.5. The van der Waals surface area contributed by atoms with E-state index in [2.05, 4.69) is 41.9 Å². The van der Waals surface area contributed by atoms with Crippen LogP contribution in [0.25, 0.3) is 0 Å². The third-order valence-corrected chi connectivity index (χ3v) is 7.28. The van der Waals surface area contributed by atoms with Gasteiger partial charge in [-0.3, -0.25) is 4.90 Å². The van der Waals surface area contributed by atoms with Gasteiger partial charge in [0, 0.05) is 51.7 Å². The van der Waals surface area contributed by atoms with Crippen LogP contribution in [0.15, 0.2) is 47.2 Å². The molecule has 1 aromatic rings. The summed E-state index contributed by atoms with van der Waals surface area (Å²) in [6, 6.07) is 8.12. The zero-order valence-corrected chi connectivity index (χ0v) is 20.0. The summed E-state index contributed by atoms with van der Waals surface area (Å²) < 4.78 is 17.7. The number of ether oxygens (including phenoxy) is 3. The van der Waals surface area contributed by atoms with Crippen LogP contribution in [-0.2, 0) is 14.2 Å². The lowest BCUT2D eigenvalue weighted by atomic mass is 9.73. The van der Waals surface area contributed by atoms with Crippen molar-refractivity contribution in [1.82, 2.24) is 4.90 Å². The molecule has 5 nitrogen and oxygen atoms in total. The Labute approximate surface area is 191 Å². The predicted octanol–water partition coefficient (Wildman–Crippen LogP) is 4.52. The summed E-state index contributed by atoms with van der Waals surface area (Å²) in [7, 11) is 3.49. The molecule has 0 radical (unpaired) electrons. The number of hydrogen-bond acceptors (Lipinski definition) is 5. The number of rotatable bonds is 6. The van der Waals surface area contributed by atoms with Crippen molar-refractivity contribution in [2.24, 2.45) is 5.41 Å². The molecule has 2 atom stereocenters. The summed E-state index contributed by atoms with van der Waals surface area (Å²) in [4.78, 5) is 4.93. The lowest BCUT2D eigenvalue weighted by molar-refractivity contribution is -0.00333. The fourth-order valence-electron chi connectivity index (χ4n) is 5.03. The van der Waals surface area contributed by atoms with Gasteiger partial charge in [0.05, 0.1) is 30.5 Å². The van der Waals surface area contributed by atoms with E-state index in [0.29, 0.717) is 0 Å². The summed E-state index contributed by atoms with van der Waals surface area (Å²) in [6.45, 7) is 10.4. The van der Waals surface area contributed by atoms with E-state index in [1.807, 2.05) is 12.1 Å². The van der Waals surface area contributed by atoms with Crippen molar-refractivity contribution in [1.29, 1.82) is 0 Å². The molecule has 31 heavy (non-hydrogen) atoms. The third kappa shape index (κ3) is 4.80. The minimum absolute atomic E-state index is 0.000312. The summed E-state index contributed by atoms with van der Waals surface area (Å²) in [5.41, 5.74) is 3.93. The molecule has 0 aromatic heterocycles. The Morgan fingerprint density at radius 2 is 1.87 bits per heavy atom. The first-order valence-corrected chi connectivity index (χ1v) is 11.7. The minimum atomic E-state index is -0.000312. The molecular weight excluding hydrogens is 412 g/mol. The molecule has 170 valence electrons. The molecule has 1 aromatic carbocycles. The van der Waals surface area contributed by atoms with Crippen LogP contribution in [0, 0.1) is 5.41 Å². The second kappa shape index (κ2) is 9.53. The van der Waals surface area contributed by atoms with Crippen molar-refractivity contribution in [2.45, 2.75) is 38.9 Å². The maximum atomic E-state index is 6.39. The molecule has 0 spiro atoms. The van der Waals surface area contributed by atoms with E-state index in [-0.39, 0.29) is 17.6 Å². The topological polar surface area (TPSA) is 34.2 Å². The number of piperazine rings is 1. The van der Waals surface area contributed by atoms with Crippen LogP contribution in [0.3, 0.4) is 0 Å². The highest BCUT2D eigenvalue weighted by molar-refractivity contribution is 6.33. The van der Waals surface area contributed by atoms with Gasteiger partial charge in [0.2, 0.25) is 0 Å². The minimum Gasteiger partial charge on any atom is -0.498 e. The Morgan fingerprint density at radius 3 is 2.55 bits per heavy atom. The van der Waals surface area contributed by atoms with E-state index < -0.39 is 0 Å². The average Bonchev–Trinajstić information content (AvgIpc) is 2.78. The van der Waals surface area contributed by atoms with Gasteiger partial charge in [0.25, 0.3) is 0 Å². The first-order valence-electron chi connectivity index (χ1n) is 11.3. The molecule has 2 unspecified atom stereocenters. The van der Waals surface area contributed by atoms with E-state index in [1.165, 1.54) is 11.1 Å². The molecule has 0 amide bonds. The van der Waals surface area contributed by atoms with E-state index >= 15 is 0 Å². The quantitative estimate of drug-likeness (QED) is 0.641. The number of methoxy groups -OCH3 is 2. The van der Waals surface area contributed by atoms with E-state index in [0.717, 1.165) is 68.6 Å². The fraction of sp³-hybridized carbons (Fsp3) is 0.600.